The van der Waals surface area contributed by atoms with Gasteiger partial charge in [-0.3, -0.25) is 4.57 Å². The fourth-order valence-corrected chi connectivity index (χ4v) is 5.34. The minimum absolute atomic E-state index is 0.00462. The molecule has 2 fully saturated rings. The molecule has 2 aromatic heterocycles. The molecule has 10 heteroatoms. The summed E-state index contributed by atoms with van der Waals surface area (Å²) in [5, 5.41) is 26.8. The van der Waals surface area contributed by atoms with E-state index in [1.54, 1.807) is 6.20 Å². The molecule has 0 spiro atoms. The Bertz CT molecular complexity index is 1200. The van der Waals surface area contributed by atoms with E-state index >= 15 is 0 Å². The Balaban J connectivity index is 1.50. The maximum atomic E-state index is 14.4. The molecule has 188 valence electrons. The van der Waals surface area contributed by atoms with Crippen molar-refractivity contribution < 1.29 is 19.0 Å². The zero-order chi connectivity index (χ0) is 24.7. The summed E-state index contributed by atoms with van der Waals surface area (Å²) in [7, 11) is 0. The molecule has 2 aliphatic rings. The van der Waals surface area contributed by atoms with Crippen LogP contribution in [0.4, 0.5) is 26.4 Å². The Morgan fingerprint density at radius 2 is 1.83 bits per heavy atom. The van der Waals surface area contributed by atoms with Gasteiger partial charge in [-0.25, -0.2) is 18.7 Å². The number of hydrogen-bond acceptors (Lipinski definition) is 7. The van der Waals surface area contributed by atoms with Crippen LogP contribution in [-0.2, 0) is 0 Å². The first-order valence-corrected chi connectivity index (χ1v) is 12.3. The van der Waals surface area contributed by atoms with Crippen molar-refractivity contribution in [3.8, 4) is 0 Å². The van der Waals surface area contributed by atoms with Crippen molar-refractivity contribution >= 4 is 28.7 Å². The molecule has 3 aromatic rings. The third kappa shape index (κ3) is 5.08. The van der Waals surface area contributed by atoms with Gasteiger partial charge in [-0.2, -0.15) is 4.98 Å². The number of fused-ring (bicyclic) bond motifs is 1. The van der Waals surface area contributed by atoms with Gasteiger partial charge in [0.1, 0.15) is 17.2 Å². The molecule has 8 nitrogen and oxygen atoms in total. The Morgan fingerprint density at radius 1 is 1.06 bits per heavy atom. The average Bonchev–Trinajstić information content (AvgIpc) is 3.41. The molecule has 4 N–H and O–H groups in total. The smallest absolute Gasteiger partial charge is 0.224 e. The number of nitrogens with zero attached hydrogens (tertiary/aromatic N) is 4. The summed E-state index contributed by atoms with van der Waals surface area (Å²) < 4.78 is 29.8. The lowest BCUT2D eigenvalue weighted by atomic mass is 9.89. The number of imidazole rings is 1. The van der Waals surface area contributed by atoms with Gasteiger partial charge < -0.3 is 20.8 Å². The standard InChI is InChI=1S/C25H32F2N6O2/c1-25(2,35)14-3-7-17(11-14)33-22-21(31-24(33)30-20-10-4-15(26)12-19(20)27)13-28-23(32-22)29-16-5-8-18(34)9-6-16/h4,10,12-14,16-18,34-35H,3,5-9,11H2,1-2H3,(H,30,31)(H,28,29,32)/t14-,16?,17+,18?/m0/s1. The van der Waals surface area contributed by atoms with E-state index in [2.05, 4.69) is 20.6 Å². The lowest BCUT2D eigenvalue weighted by Gasteiger charge is -2.26. The number of anilines is 3. The molecule has 0 bridgehead atoms. The number of nitrogens with one attached hydrogen (secondary N) is 2. The van der Waals surface area contributed by atoms with Crippen molar-refractivity contribution in [1.29, 1.82) is 0 Å². The predicted octanol–water partition coefficient (Wildman–Crippen LogP) is 4.68. The van der Waals surface area contributed by atoms with Crippen LogP contribution in [0.3, 0.4) is 0 Å². The molecular formula is C25H32F2N6O2. The molecule has 2 saturated carbocycles. The van der Waals surface area contributed by atoms with Crippen molar-refractivity contribution in [2.75, 3.05) is 10.6 Å². The van der Waals surface area contributed by atoms with Gasteiger partial charge in [-0.1, -0.05) is 0 Å². The highest BCUT2D eigenvalue weighted by Gasteiger charge is 2.37. The maximum absolute atomic E-state index is 14.4. The SMILES string of the molecule is CC(C)(O)[C@H]1CC[C@@H](n2c(Nc3ccc(F)cc3F)nc3cnc(NC4CCC(O)CC4)nc32)C1. The van der Waals surface area contributed by atoms with E-state index in [1.807, 2.05) is 18.4 Å². The summed E-state index contributed by atoms with van der Waals surface area (Å²) in [6, 6.07) is 3.55. The Hall–Kier alpha value is -2.85. The van der Waals surface area contributed by atoms with Crippen LogP contribution in [0.15, 0.2) is 24.4 Å². The van der Waals surface area contributed by atoms with Crippen LogP contribution in [0, 0.1) is 17.6 Å². The van der Waals surface area contributed by atoms with E-state index in [1.165, 1.54) is 12.1 Å². The number of hydrogen-bond donors (Lipinski definition) is 4. The second kappa shape index (κ2) is 9.31. The molecule has 1 aromatic carbocycles. The van der Waals surface area contributed by atoms with Crippen LogP contribution in [0.2, 0.25) is 0 Å². The number of rotatable bonds is 6. The largest absolute Gasteiger partial charge is 0.393 e. The first-order valence-electron chi connectivity index (χ1n) is 12.3. The van der Waals surface area contributed by atoms with Gasteiger partial charge in [-0.15, -0.1) is 0 Å². The minimum atomic E-state index is -0.810. The first-order chi connectivity index (χ1) is 16.7. The van der Waals surface area contributed by atoms with E-state index < -0.39 is 17.2 Å². The zero-order valence-electron chi connectivity index (χ0n) is 20.0. The van der Waals surface area contributed by atoms with Gasteiger partial charge in [0, 0.05) is 18.2 Å². The lowest BCUT2D eigenvalue weighted by molar-refractivity contribution is 0.0186. The molecule has 2 atom stereocenters. The molecule has 0 saturated heterocycles. The van der Waals surface area contributed by atoms with Crippen molar-refractivity contribution in [3.63, 3.8) is 0 Å². The fourth-order valence-electron chi connectivity index (χ4n) is 5.34. The molecule has 35 heavy (non-hydrogen) atoms. The first kappa shape index (κ1) is 23.9. The topological polar surface area (TPSA) is 108 Å². The zero-order valence-corrected chi connectivity index (χ0v) is 20.0. The highest BCUT2D eigenvalue weighted by atomic mass is 19.1. The van der Waals surface area contributed by atoms with E-state index in [0.717, 1.165) is 51.0 Å². The van der Waals surface area contributed by atoms with Crippen LogP contribution in [-0.4, -0.2) is 47.5 Å². The monoisotopic (exact) mass is 486 g/mol. The van der Waals surface area contributed by atoms with Crippen LogP contribution in [0.1, 0.15) is 64.8 Å². The summed E-state index contributed by atoms with van der Waals surface area (Å²) in [6.07, 6.45) is 6.96. The molecular weight excluding hydrogens is 454 g/mol. The summed E-state index contributed by atoms with van der Waals surface area (Å²) in [6.45, 7) is 3.65. The highest BCUT2D eigenvalue weighted by Crippen LogP contribution is 2.43. The summed E-state index contributed by atoms with van der Waals surface area (Å²) >= 11 is 0. The highest BCUT2D eigenvalue weighted by molar-refractivity contribution is 5.76. The number of aliphatic hydroxyl groups excluding tert-OH is 1. The number of aliphatic hydroxyl groups is 2. The Kier molecular flexibility index (Phi) is 6.35. The van der Waals surface area contributed by atoms with Crippen LogP contribution in [0.25, 0.3) is 11.2 Å². The molecule has 0 aliphatic heterocycles. The summed E-state index contributed by atoms with van der Waals surface area (Å²) in [5.41, 5.74) is 0.484. The van der Waals surface area contributed by atoms with Crippen molar-refractivity contribution in [2.45, 2.75) is 82.6 Å². The van der Waals surface area contributed by atoms with Crippen molar-refractivity contribution in [2.24, 2.45) is 5.92 Å². The molecule has 0 amide bonds. The molecule has 0 unspecified atom stereocenters. The van der Waals surface area contributed by atoms with Crippen molar-refractivity contribution in [3.05, 3.63) is 36.0 Å². The second-order valence-electron chi connectivity index (χ2n) is 10.4. The van der Waals surface area contributed by atoms with Crippen LogP contribution in [0.5, 0.6) is 0 Å². The summed E-state index contributed by atoms with van der Waals surface area (Å²) in [4.78, 5) is 13.9. The van der Waals surface area contributed by atoms with E-state index in [0.29, 0.717) is 23.1 Å². The molecule has 5 rings (SSSR count). The van der Waals surface area contributed by atoms with Gasteiger partial charge in [0.15, 0.2) is 5.65 Å². The van der Waals surface area contributed by atoms with Gasteiger partial charge in [0.05, 0.1) is 23.6 Å². The van der Waals surface area contributed by atoms with E-state index in [9.17, 15) is 19.0 Å². The predicted molar refractivity (Wildman–Crippen MR) is 130 cm³/mol. The minimum Gasteiger partial charge on any atom is -0.393 e. The number of benzene rings is 1. The lowest BCUT2D eigenvalue weighted by Crippen LogP contribution is -2.29. The molecule has 2 aliphatic carbocycles. The number of aromatic nitrogens is 4. The van der Waals surface area contributed by atoms with E-state index in [4.69, 9.17) is 4.98 Å². The summed E-state index contributed by atoms with van der Waals surface area (Å²) in [5.74, 6) is -0.372. The quantitative estimate of drug-likeness (QED) is 0.401. The van der Waals surface area contributed by atoms with Crippen LogP contribution < -0.4 is 10.6 Å². The van der Waals surface area contributed by atoms with Gasteiger partial charge in [0.25, 0.3) is 0 Å². The second-order valence-corrected chi connectivity index (χ2v) is 10.4. The normalized spacial score (nSPS) is 25.2. The van der Waals surface area contributed by atoms with Crippen molar-refractivity contribution in [1.82, 2.24) is 19.5 Å². The average molecular weight is 487 g/mol. The number of halogens is 2. The van der Waals surface area contributed by atoms with Gasteiger partial charge in [-0.05, 0) is 76.8 Å². The molecule has 2 heterocycles. The Labute approximate surface area is 202 Å². The van der Waals surface area contributed by atoms with E-state index in [-0.39, 0.29) is 29.8 Å². The molecule has 0 radical (unpaired) electrons. The van der Waals surface area contributed by atoms with Gasteiger partial charge >= 0.3 is 0 Å². The third-order valence-electron chi connectivity index (χ3n) is 7.41. The maximum Gasteiger partial charge on any atom is 0.224 e. The van der Waals surface area contributed by atoms with Crippen LogP contribution >= 0.6 is 0 Å². The van der Waals surface area contributed by atoms with Gasteiger partial charge in [0.2, 0.25) is 11.9 Å². The third-order valence-corrected chi connectivity index (χ3v) is 7.41. The Morgan fingerprint density at radius 3 is 2.51 bits per heavy atom. The fraction of sp³-hybridized carbons (Fsp3) is 0.560.